The Hall–Kier alpha value is -2.82. The molecular formula is C22H28F3N5O3S. The summed E-state index contributed by atoms with van der Waals surface area (Å²) >= 11 is 5.33. The highest BCUT2D eigenvalue weighted by molar-refractivity contribution is 7.80. The molecule has 8 nitrogen and oxygen atoms in total. The number of azide groups is 1. The lowest BCUT2D eigenvalue weighted by Gasteiger charge is -2.37. The van der Waals surface area contributed by atoms with Crippen molar-refractivity contribution < 1.29 is 27.4 Å². The second kappa shape index (κ2) is 12.6. The minimum absolute atomic E-state index is 0.0218. The molecule has 34 heavy (non-hydrogen) atoms. The number of carbonyl (C=O) groups excluding carboxylic acids is 1. The lowest BCUT2D eigenvalue weighted by atomic mass is 9.88. The molecule has 0 heterocycles. The number of rotatable bonds is 9. The molecule has 0 bridgehead atoms. The third-order valence-electron chi connectivity index (χ3n) is 5.31. The molecule has 1 aliphatic carbocycles. The van der Waals surface area contributed by atoms with Crippen LogP contribution in [0.5, 0.6) is 0 Å². The number of anilines is 1. The minimum atomic E-state index is -4.49. The third-order valence-corrected chi connectivity index (χ3v) is 5.53. The van der Waals surface area contributed by atoms with Crippen molar-refractivity contribution in [3.05, 3.63) is 51.9 Å². The quantitative estimate of drug-likeness (QED) is 0.153. The summed E-state index contributed by atoms with van der Waals surface area (Å²) in [5, 5.41) is 9.59. The monoisotopic (exact) mass is 499 g/mol. The van der Waals surface area contributed by atoms with Crippen LogP contribution in [0.25, 0.3) is 10.4 Å². The molecular weight excluding hydrogens is 471 g/mol. The maximum atomic E-state index is 13.0. The fourth-order valence-electron chi connectivity index (χ4n) is 3.59. The number of ether oxygens (including phenoxy) is 2. The Morgan fingerprint density at radius 1 is 1.32 bits per heavy atom. The predicted molar refractivity (Wildman–Crippen MR) is 126 cm³/mol. The number of hydrogen-bond donors (Lipinski definition) is 2. The zero-order chi connectivity index (χ0) is 25.3. The fraction of sp³-hybridized carbons (Fsp3) is 0.545. The van der Waals surface area contributed by atoms with Crippen LogP contribution in [0, 0.1) is 0 Å². The van der Waals surface area contributed by atoms with Gasteiger partial charge in [0, 0.05) is 16.2 Å². The van der Waals surface area contributed by atoms with Crippen molar-refractivity contribution in [2.24, 2.45) is 5.11 Å². The van der Waals surface area contributed by atoms with Gasteiger partial charge in [-0.15, -0.1) is 0 Å². The summed E-state index contributed by atoms with van der Waals surface area (Å²) in [6.07, 6.45) is -2.19. The maximum absolute atomic E-state index is 13.0. The van der Waals surface area contributed by atoms with E-state index in [1.165, 1.54) is 12.1 Å². The summed E-state index contributed by atoms with van der Waals surface area (Å²) in [6, 6.07) is 3.20. The van der Waals surface area contributed by atoms with Gasteiger partial charge in [-0.2, -0.15) is 13.2 Å². The Morgan fingerprint density at radius 3 is 2.62 bits per heavy atom. The van der Waals surface area contributed by atoms with Gasteiger partial charge in [-0.1, -0.05) is 25.0 Å². The molecule has 1 aromatic rings. The number of nitrogens with zero attached hydrogens (tertiary/aromatic N) is 3. The van der Waals surface area contributed by atoms with Crippen LogP contribution in [-0.2, 0) is 20.4 Å². The molecule has 186 valence electrons. The fourth-order valence-corrected chi connectivity index (χ4v) is 3.85. The third kappa shape index (κ3) is 7.61. The van der Waals surface area contributed by atoms with Gasteiger partial charge < -0.3 is 20.1 Å². The highest BCUT2D eigenvalue weighted by Gasteiger charge is 2.37. The van der Waals surface area contributed by atoms with Crippen molar-refractivity contribution in [3.63, 3.8) is 0 Å². The van der Waals surface area contributed by atoms with Gasteiger partial charge in [0.25, 0.3) is 0 Å². The first kappa shape index (κ1) is 27.4. The van der Waals surface area contributed by atoms with E-state index in [4.69, 9.17) is 27.2 Å². The van der Waals surface area contributed by atoms with Crippen molar-refractivity contribution in [1.82, 2.24) is 5.32 Å². The van der Waals surface area contributed by atoms with Crippen LogP contribution in [0.3, 0.4) is 0 Å². The topological polar surface area (TPSA) is 108 Å². The Labute approximate surface area is 201 Å². The first-order valence-corrected chi connectivity index (χ1v) is 11.4. The van der Waals surface area contributed by atoms with E-state index < -0.39 is 35.9 Å². The van der Waals surface area contributed by atoms with Crippen LogP contribution in [-0.4, -0.2) is 42.0 Å². The van der Waals surface area contributed by atoms with Crippen LogP contribution in [0.4, 0.5) is 18.9 Å². The molecule has 0 saturated carbocycles. The average Bonchev–Trinajstić information content (AvgIpc) is 2.79. The molecule has 0 radical (unpaired) electrons. The molecule has 2 rings (SSSR count). The van der Waals surface area contributed by atoms with Gasteiger partial charge in [0.2, 0.25) is 0 Å². The lowest BCUT2D eigenvalue weighted by molar-refractivity contribution is -0.139. The maximum Gasteiger partial charge on any atom is 0.416 e. The number of esters is 1. The number of alkyl halides is 3. The molecule has 0 aromatic heterocycles. The van der Waals surface area contributed by atoms with Crippen molar-refractivity contribution in [3.8, 4) is 0 Å². The summed E-state index contributed by atoms with van der Waals surface area (Å²) in [5.74, 6) is -0.526. The van der Waals surface area contributed by atoms with Crippen molar-refractivity contribution in [2.45, 2.75) is 70.5 Å². The second-order valence-electron chi connectivity index (χ2n) is 7.63. The van der Waals surface area contributed by atoms with Crippen molar-refractivity contribution in [1.29, 1.82) is 0 Å². The minimum Gasteiger partial charge on any atom is -0.463 e. The standard InChI is InChI=1S/C22H28F3N5O3S/c1-4-16(5-2)33-18-11-13(20(31)32-6-3)10-17(29-30-26)19(18)28-21(34)27-15-9-7-8-14(12-15)22(23,24)25/h7-9,11-12,16-19H,4-6,10H2,1-3H3,(H2,27,28,34)/t17-,18-,19+/m0/s1. The molecule has 1 aromatic carbocycles. The largest absolute Gasteiger partial charge is 0.463 e. The molecule has 0 unspecified atom stereocenters. The molecule has 1 aliphatic rings. The molecule has 2 N–H and O–H groups in total. The lowest BCUT2D eigenvalue weighted by Crippen LogP contribution is -2.54. The Bertz CT molecular complexity index is 946. The number of halogens is 3. The summed E-state index contributed by atoms with van der Waals surface area (Å²) in [6.45, 7) is 5.79. The molecule has 0 amide bonds. The van der Waals surface area contributed by atoms with E-state index >= 15 is 0 Å². The Balaban J connectivity index is 2.31. The van der Waals surface area contributed by atoms with E-state index in [0.717, 1.165) is 12.1 Å². The van der Waals surface area contributed by atoms with Gasteiger partial charge in [0.1, 0.15) is 0 Å². The smallest absolute Gasteiger partial charge is 0.416 e. The van der Waals surface area contributed by atoms with Gasteiger partial charge >= 0.3 is 12.1 Å². The Kier molecular flexibility index (Phi) is 10.2. The van der Waals surface area contributed by atoms with Crippen LogP contribution in [0.2, 0.25) is 0 Å². The SMILES string of the molecule is CCOC(=O)C1=C[C@H](OC(CC)CC)[C@H](NC(=S)Nc2cccc(C(F)(F)F)c2)[C@@H](N=[N+]=[N-])C1. The number of nitrogens with one attached hydrogen (secondary N) is 2. The van der Waals surface area contributed by atoms with Gasteiger partial charge in [0.05, 0.1) is 36.5 Å². The average molecular weight is 500 g/mol. The number of benzene rings is 1. The van der Waals surface area contributed by atoms with Gasteiger partial charge in [-0.05, 0) is 68.2 Å². The van der Waals surface area contributed by atoms with E-state index in [0.29, 0.717) is 18.4 Å². The molecule has 0 spiro atoms. The summed E-state index contributed by atoms with van der Waals surface area (Å²) < 4.78 is 50.4. The zero-order valence-electron chi connectivity index (χ0n) is 19.1. The van der Waals surface area contributed by atoms with Crippen molar-refractivity contribution in [2.75, 3.05) is 11.9 Å². The van der Waals surface area contributed by atoms with Gasteiger partial charge in [-0.3, -0.25) is 0 Å². The number of hydrogen-bond acceptors (Lipinski definition) is 5. The predicted octanol–water partition coefficient (Wildman–Crippen LogP) is 5.51. The van der Waals surface area contributed by atoms with E-state index in [2.05, 4.69) is 20.7 Å². The first-order chi connectivity index (χ1) is 16.1. The second-order valence-corrected chi connectivity index (χ2v) is 8.04. The van der Waals surface area contributed by atoms with Crippen LogP contribution in [0.1, 0.15) is 45.6 Å². The highest BCUT2D eigenvalue weighted by atomic mass is 32.1. The number of thiocarbonyl (C=S) groups is 1. The van der Waals surface area contributed by atoms with Gasteiger partial charge in [0.15, 0.2) is 5.11 Å². The molecule has 0 fully saturated rings. The van der Waals surface area contributed by atoms with E-state index in [1.54, 1.807) is 13.0 Å². The molecule has 3 atom stereocenters. The van der Waals surface area contributed by atoms with E-state index in [9.17, 15) is 18.0 Å². The van der Waals surface area contributed by atoms with Crippen molar-refractivity contribution >= 4 is 29.0 Å². The Morgan fingerprint density at radius 2 is 2.03 bits per heavy atom. The molecule has 0 aliphatic heterocycles. The van der Waals surface area contributed by atoms with Crippen LogP contribution < -0.4 is 10.6 Å². The normalized spacial score (nSPS) is 20.2. The van der Waals surface area contributed by atoms with Crippen LogP contribution >= 0.6 is 12.2 Å². The van der Waals surface area contributed by atoms with E-state index in [1.807, 2.05) is 13.8 Å². The van der Waals surface area contributed by atoms with Gasteiger partial charge in [-0.25, -0.2) is 4.79 Å². The zero-order valence-corrected chi connectivity index (χ0v) is 19.9. The summed E-state index contributed by atoms with van der Waals surface area (Å²) in [5.41, 5.74) is 8.75. The first-order valence-electron chi connectivity index (χ1n) is 10.9. The highest BCUT2D eigenvalue weighted by Crippen LogP contribution is 2.31. The summed E-state index contributed by atoms with van der Waals surface area (Å²) in [7, 11) is 0. The van der Waals surface area contributed by atoms with E-state index in [-0.39, 0.29) is 29.9 Å². The molecule has 12 heteroatoms. The molecule has 0 saturated heterocycles. The number of carbonyl (C=O) groups is 1. The van der Waals surface area contributed by atoms with Crippen LogP contribution in [0.15, 0.2) is 41.0 Å². The summed E-state index contributed by atoms with van der Waals surface area (Å²) in [4.78, 5) is 15.3.